The number of carbonyl (C=O) groups is 2. The number of aliphatic carboxylic acids is 1. The molecule has 0 saturated carbocycles. The fraction of sp³-hybridized carbons (Fsp3) is 0.407. The first-order valence-corrected chi connectivity index (χ1v) is 10.7. The summed E-state index contributed by atoms with van der Waals surface area (Å²) in [4.78, 5) is 25.9. The number of rotatable bonds is 3. The molecule has 32 heavy (non-hydrogen) atoms. The molecule has 0 aromatic heterocycles. The number of Topliss-reactive ketones (excluding diaryl/α,β-unsaturated/α-hetero) is 1. The van der Waals surface area contributed by atoms with Crippen molar-refractivity contribution in [3.05, 3.63) is 75.6 Å². The van der Waals surface area contributed by atoms with Crippen LogP contribution in [0.4, 0.5) is 4.39 Å². The van der Waals surface area contributed by atoms with Crippen molar-refractivity contribution in [2.24, 2.45) is 17.8 Å². The Morgan fingerprint density at radius 1 is 0.938 bits per heavy atom. The van der Waals surface area contributed by atoms with Crippen LogP contribution in [0.15, 0.2) is 42.0 Å². The fourth-order valence-electron chi connectivity index (χ4n) is 6.41. The highest BCUT2D eigenvalue weighted by Crippen LogP contribution is 2.61. The maximum absolute atomic E-state index is 13.7. The normalized spacial score (nSPS) is 30.5. The zero-order chi connectivity index (χ0) is 22.2. The van der Waals surface area contributed by atoms with E-state index in [1.807, 2.05) is 27.7 Å². The number of benzene rings is 2. The number of ether oxygens (including phenoxy) is 1. The van der Waals surface area contributed by atoms with Gasteiger partial charge in [-0.3, -0.25) is 9.59 Å². The molecular formula is C27H29FO4. The molecule has 2 heterocycles. The van der Waals surface area contributed by atoms with Crippen molar-refractivity contribution in [3.8, 4) is 0 Å². The van der Waals surface area contributed by atoms with Crippen LogP contribution in [0.2, 0.25) is 0 Å². The maximum atomic E-state index is 13.7. The highest BCUT2D eigenvalue weighted by molar-refractivity contribution is 6.26. The zero-order valence-electron chi connectivity index (χ0n) is 18.0. The molecule has 6 atom stereocenters. The van der Waals surface area contributed by atoms with Crippen LogP contribution in [0.3, 0.4) is 0 Å². The summed E-state index contributed by atoms with van der Waals surface area (Å²) >= 11 is 0. The Balaban J connectivity index is 0.00000245. The van der Waals surface area contributed by atoms with Gasteiger partial charge in [0.05, 0.1) is 24.0 Å². The lowest BCUT2D eigenvalue weighted by atomic mass is 9.66. The molecule has 2 saturated heterocycles. The molecule has 5 heteroatoms. The van der Waals surface area contributed by atoms with E-state index in [0.29, 0.717) is 0 Å². The van der Waals surface area contributed by atoms with Gasteiger partial charge in [0.1, 0.15) is 5.82 Å². The Kier molecular flexibility index (Phi) is 5.36. The summed E-state index contributed by atoms with van der Waals surface area (Å²) in [7, 11) is 0. The highest BCUT2D eigenvalue weighted by atomic mass is 19.1. The van der Waals surface area contributed by atoms with Gasteiger partial charge < -0.3 is 9.84 Å². The van der Waals surface area contributed by atoms with Crippen molar-refractivity contribution in [2.45, 2.75) is 53.2 Å². The molecule has 2 aromatic carbocycles. The Labute approximate surface area is 188 Å². The van der Waals surface area contributed by atoms with Crippen molar-refractivity contribution >= 4 is 17.3 Å². The Bertz CT molecular complexity index is 1120. The molecule has 4 nitrogen and oxygen atoms in total. The van der Waals surface area contributed by atoms with Gasteiger partial charge in [0.25, 0.3) is 0 Å². The molecular weight excluding hydrogens is 407 g/mol. The first-order valence-electron chi connectivity index (χ1n) is 10.7. The minimum absolute atomic E-state index is 0. The molecule has 3 aliphatic rings. The Morgan fingerprint density at radius 2 is 1.53 bits per heavy atom. The molecule has 2 aromatic rings. The first-order chi connectivity index (χ1) is 14.7. The van der Waals surface area contributed by atoms with Gasteiger partial charge in [-0.2, -0.15) is 0 Å². The standard InChI is InChI=1S/C26H25FO4.CH4/c1-11-9-12(2)17(13(3)10-11)18-14(4)19-21(23(18)28)25-22(26(29)30)20(24(19)31-25)15-5-7-16(27)8-6-15;/h5-10,19-22,24-25H,1-4H3,(H,29,30);1H4/t19-,20?,21-,22?,24?,25?;/m0./s1. The van der Waals surface area contributed by atoms with E-state index in [1.165, 1.54) is 12.1 Å². The molecule has 1 aliphatic carbocycles. The number of hydrogen-bond donors (Lipinski definition) is 1. The van der Waals surface area contributed by atoms with Crippen molar-refractivity contribution in [1.29, 1.82) is 0 Å². The van der Waals surface area contributed by atoms with Crippen LogP contribution in [0.1, 0.15) is 48.1 Å². The molecule has 2 bridgehead atoms. The molecule has 2 aliphatic heterocycles. The lowest BCUT2D eigenvalue weighted by Crippen LogP contribution is -2.43. The van der Waals surface area contributed by atoms with Crippen molar-refractivity contribution in [1.82, 2.24) is 0 Å². The summed E-state index contributed by atoms with van der Waals surface area (Å²) in [6.07, 6.45) is -1.08. The van der Waals surface area contributed by atoms with Crippen LogP contribution >= 0.6 is 0 Å². The quantitative estimate of drug-likeness (QED) is 0.715. The number of fused-ring (bicyclic) bond motifs is 5. The van der Waals surface area contributed by atoms with Gasteiger partial charge >= 0.3 is 5.97 Å². The van der Waals surface area contributed by atoms with Gasteiger partial charge in [-0.15, -0.1) is 0 Å². The van der Waals surface area contributed by atoms with E-state index in [4.69, 9.17) is 4.74 Å². The minimum atomic E-state index is -0.970. The second-order valence-corrected chi connectivity index (χ2v) is 9.25. The van der Waals surface area contributed by atoms with Crippen molar-refractivity contribution in [2.75, 3.05) is 0 Å². The third-order valence-electron chi connectivity index (χ3n) is 7.41. The molecule has 2 fully saturated rings. The average molecular weight is 437 g/mol. The van der Waals surface area contributed by atoms with Crippen molar-refractivity contribution in [3.63, 3.8) is 0 Å². The van der Waals surface area contributed by atoms with Gasteiger partial charge in [0, 0.05) is 17.4 Å². The fourth-order valence-corrected chi connectivity index (χ4v) is 6.41. The molecule has 1 N–H and O–H groups in total. The van der Waals surface area contributed by atoms with E-state index in [0.717, 1.165) is 39.0 Å². The smallest absolute Gasteiger partial charge is 0.309 e. The number of halogens is 1. The van der Waals surface area contributed by atoms with Gasteiger partial charge in [0.15, 0.2) is 5.78 Å². The van der Waals surface area contributed by atoms with Crippen LogP contribution in [0.25, 0.3) is 5.57 Å². The summed E-state index contributed by atoms with van der Waals surface area (Å²) in [5.74, 6) is -3.20. The third-order valence-corrected chi connectivity index (χ3v) is 7.41. The summed E-state index contributed by atoms with van der Waals surface area (Å²) in [5.41, 5.74) is 6.67. The molecule has 168 valence electrons. The van der Waals surface area contributed by atoms with Crippen LogP contribution in [0.5, 0.6) is 0 Å². The SMILES string of the molecule is C.CC1=C(c2c(C)cc(C)cc2C)C(=O)[C@H]2C3OC(C(c4ccc(F)cc4)C3C(=O)O)[C@@H]12. The summed E-state index contributed by atoms with van der Waals surface area (Å²) in [6, 6.07) is 10.1. The monoisotopic (exact) mass is 436 g/mol. The van der Waals surface area contributed by atoms with E-state index in [1.54, 1.807) is 12.1 Å². The largest absolute Gasteiger partial charge is 0.481 e. The molecule has 0 amide bonds. The lowest BCUT2D eigenvalue weighted by Gasteiger charge is -2.33. The van der Waals surface area contributed by atoms with Crippen LogP contribution in [0, 0.1) is 44.3 Å². The van der Waals surface area contributed by atoms with Crippen LogP contribution in [-0.4, -0.2) is 29.1 Å². The molecule has 0 radical (unpaired) electrons. The summed E-state index contributed by atoms with van der Waals surface area (Å²) < 4.78 is 19.7. The number of ketones is 1. The second-order valence-electron chi connectivity index (χ2n) is 9.25. The lowest BCUT2D eigenvalue weighted by molar-refractivity contribution is -0.145. The Morgan fingerprint density at radius 3 is 2.09 bits per heavy atom. The number of carboxylic acid groups (broad SMARTS) is 1. The number of carbonyl (C=O) groups excluding carboxylic acids is 1. The predicted molar refractivity (Wildman–Crippen MR) is 121 cm³/mol. The van der Waals surface area contributed by atoms with Gasteiger partial charge in [-0.25, -0.2) is 4.39 Å². The summed E-state index contributed by atoms with van der Waals surface area (Å²) in [6.45, 7) is 8.06. The number of aryl methyl sites for hydroxylation is 3. The van der Waals surface area contributed by atoms with E-state index in [9.17, 15) is 19.1 Å². The number of allylic oxidation sites excluding steroid dienone is 1. The van der Waals surface area contributed by atoms with E-state index >= 15 is 0 Å². The third kappa shape index (κ3) is 2.98. The average Bonchev–Trinajstić information content (AvgIpc) is 3.33. The highest BCUT2D eigenvalue weighted by Gasteiger charge is 2.67. The van der Waals surface area contributed by atoms with Crippen LogP contribution in [-0.2, 0) is 14.3 Å². The second kappa shape index (κ2) is 7.66. The van der Waals surface area contributed by atoms with Gasteiger partial charge in [-0.1, -0.05) is 42.8 Å². The van der Waals surface area contributed by atoms with Crippen LogP contribution < -0.4 is 0 Å². The first kappa shape index (κ1) is 22.4. The van der Waals surface area contributed by atoms with Gasteiger partial charge in [0.2, 0.25) is 0 Å². The Hall–Kier alpha value is -2.79. The minimum Gasteiger partial charge on any atom is -0.481 e. The maximum Gasteiger partial charge on any atom is 0.309 e. The van der Waals surface area contributed by atoms with Gasteiger partial charge in [-0.05, 0) is 62.1 Å². The number of carboxylic acids is 1. The molecule has 5 rings (SSSR count). The topological polar surface area (TPSA) is 63.6 Å². The van der Waals surface area contributed by atoms with E-state index in [-0.39, 0.29) is 24.9 Å². The van der Waals surface area contributed by atoms with E-state index < -0.39 is 35.9 Å². The predicted octanol–water partition coefficient (Wildman–Crippen LogP) is 5.24. The molecule has 4 unspecified atom stereocenters. The molecule has 0 spiro atoms. The van der Waals surface area contributed by atoms with E-state index in [2.05, 4.69) is 12.1 Å². The number of hydrogen-bond acceptors (Lipinski definition) is 3. The van der Waals surface area contributed by atoms with Crippen molar-refractivity contribution < 1.29 is 23.8 Å². The summed E-state index contributed by atoms with van der Waals surface area (Å²) in [5, 5.41) is 10.0. The zero-order valence-corrected chi connectivity index (χ0v) is 18.0.